The minimum atomic E-state index is -0.553. The zero-order valence-corrected chi connectivity index (χ0v) is 13.3. The van der Waals surface area contributed by atoms with Crippen LogP contribution in [0, 0.1) is 11.3 Å². The summed E-state index contributed by atoms with van der Waals surface area (Å²) in [5.74, 6) is 0.639. The number of aromatic amines is 2. The van der Waals surface area contributed by atoms with Gasteiger partial charge in [0.05, 0.1) is 11.0 Å². The first kappa shape index (κ1) is 15.5. The number of anilines is 1. The summed E-state index contributed by atoms with van der Waals surface area (Å²) in [7, 11) is 0. The van der Waals surface area contributed by atoms with E-state index in [4.69, 9.17) is 9.47 Å². The van der Waals surface area contributed by atoms with Gasteiger partial charge in [-0.3, -0.25) is 4.79 Å². The number of rotatable bonds is 3. The molecule has 0 atom stereocenters. The molecule has 0 radical (unpaired) electrons. The lowest BCUT2D eigenvalue weighted by Crippen LogP contribution is -2.13. The number of fused-ring (bicyclic) bond motifs is 2. The predicted octanol–water partition coefficient (Wildman–Crippen LogP) is 2.13. The molecule has 0 aliphatic carbocycles. The fourth-order valence-corrected chi connectivity index (χ4v) is 2.63. The molecule has 3 aromatic rings. The summed E-state index contributed by atoms with van der Waals surface area (Å²) in [4.78, 5) is 28.9. The number of amides is 1. The SMILES string of the molecule is N#CC(=Cc1ccc2c(c1)OCO2)C(=O)Nc1ccc2[nH]c(=O)[nH]c2c1. The number of nitrogens with one attached hydrogen (secondary N) is 3. The predicted molar refractivity (Wildman–Crippen MR) is 93.7 cm³/mol. The van der Waals surface area contributed by atoms with Crippen LogP contribution in [-0.2, 0) is 4.79 Å². The van der Waals surface area contributed by atoms with E-state index < -0.39 is 5.91 Å². The Morgan fingerprint density at radius 3 is 2.77 bits per heavy atom. The second-order valence-electron chi connectivity index (χ2n) is 5.58. The first-order chi connectivity index (χ1) is 12.6. The Bertz CT molecular complexity index is 1150. The molecule has 1 aliphatic rings. The summed E-state index contributed by atoms with van der Waals surface area (Å²) < 4.78 is 10.5. The largest absolute Gasteiger partial charge is 0.454 e. The van der Waals surface area contributed by atoms with Crippen molar-refractivity contribution in [2.45, 2.75) is 0 Å². The molecule has 8 nitrogen and oxygen atoms in total. The van der Waals surface area contributed by atoms with Crippen molar-refractivity contribution in [1.29, 1.82) is 5.26 Å². The maximum atomic E-state index is 12.4. The van der Waals surface area contributed by atoms with E-state index in [1.54, 1.807) is 36.4 Å². The van der Waals surface area contributed by atoms with Crippen molar-refractivity contribution in [3.63, 3.8) is 0 Å². The van der Waals surface area contributed by atoms with Crippen LogP contribution < -0.4 is 20.5 Å². The molecule has 4 rings (SSSR count). The van der Waals surface area contributed by atoms with Gasteiger partial charge in [-0.15, -0.1) is 0 Å². The molecule has 0 saturated carbocycles. The Morgan fingerprint density at radius 1 is 1.12 bits per heavy atom. The van der Waals surface area contributed by atoms with Crippen molar-refractivity contribution in [1.82, 2.24) is 9.97 Å². The zero-order valence-electron chi connectivity index (χ0n) is 13.3. The highest BCUT2D eigenvalue weighted by molar-refractivity contribution is 6.10. The van der Waals surface area contributed by atoms with E-state index in [-0.39, 0.29) is 18.1 Å². The number of benzene rings is 2. The maximum Gasteiger partial charge on any atom is 0.323 e. The van der Waals surface area contributed by atoms with Crippen molar-refractivity contribution in [3.05, 3.63) is 58.0 Å². The molecule has 0 bridgehead atoms. The summed E-state index contributed by atoms with van der Waals surface area (Å²) in [5, 5.41) is 12.0. The van der Waals surface area contributed by atoms with Gasteiger partial charge < -0.3 is 24.8 Å². The molecule has 2 aromatic carbocycles. The molecule has 1 aliphatic heterocycles. The number of imidazole rings is 1. The quantitative estimate of drug-likeness (QED) is 0.495. The number of nitrogens with zero attached hydrogens (tertiary/aromatic N) is 1. The van der Waals surface area contributed by atoms with Gasteiger partial charge in [0.25, 0.3) is 5.91 Å². The first-order valence-electron chi connectivity index (χ1n) is 7.67. The molecule has 1 aromatic heterocycles. The topological polar surface area (TPSA) is 120 Å². The van der Waals surface area contributed by atoms with Crippen LogP contribution in [0.2, 0.25) is 0 Å². The number of H-pyrrole nitrogens is 2. The van der Waals surface area contributed by atoms with E-state index in [1.165, 1.54) is 6.08 Å². The van der Waals surface area contributed by atoms with Gasteiger partial charge in [0, 0.05) is 5.69 Å². The van der Waals surface area contributed by atoms with Gasteiger partial charge in [-0.25, -0.2) is 4.79 Å². The Labute approximate surface area is 146 Å². The third kappa shape index (κ3) is 2.89. The Morgan fingerprint density at radius 2 is 1.92 bits per heavy atom. The molecule has 3 N–H and O–H groups in total. The minimum absolute atomic E-state index is 0.0634. The van der Waals surface area contributed by atoms with Crippen LogP contribution in [-0.4, -0.2) is 22.7 Å². The van der Waals surface area contributed by atoms with Crippen LogP contribution in [0.1, 0.15) is 5.56 Å². The minimum Gasteiger partial charge on any atom is -0.454 e. The lowest BCUT2D eigenvalue weighted by molar-refractivity contribution is -0.112. The average molecular weight is 348 g/mol. The third-order valence-corrected chi connectivity index (χ3v) is 3.85. The smallest absolute Gasteiger partial charge is 0.323 e. The van der Waals surface area contributed by atoms with Gasteiger partial charge in [0.2, 0.25) is 6.79 Å². The summed E-state index contributed by atoms with van der Waals surface area (Å²) in [5.41, 5.74) is 1.90. The normalized spacial score (nSPS) is 12.8. The highest BCUT2D eigenvalue weighted by atomic mass is 16.7. The Kier molecular flexibility index (Phi) is 3.67. The summed E-state index contributed by atoms with van der Waals surface area (Å²) in [6.45, 7) is 0.151. The van der Waals surface area contributed by atoms with E-state index in [0.717, 1.165) is 0 Å². The van der Waals surface area contributed by atoms with Crippen LogP contribution in [0.4, 0.5) is 5.69 Å². The lowest BCUT2D eigenvalue weighted by Gasteiger charge is -2.05. The number of carbonyl (C=O) groups excluding carboxylic acids is 1. The van der Waals surface area contributed by atoms with Gasteiger partial charge in [-0.05, 0) is 42.0 Å². The third-order valence-electron chi connectivity index (χ3n) is 3.85. The molecular formula is C18H12N4O4. The highest BCUT2D eigenvalue weighted by Crippen LogP contribution is 2.33. The Balaban J connectivity index is 1.58. The van der Waals surface area contributed by atoms with Crippen LogP contribution in [0.5, 0.6) is 11.5 Å². The van der Waals surface area contributed by atoms with Gasteiger partial charge in [0.15, 0.2) is 11.5 Å². The summed E-state index contributed by atoms with van der Waals surface area (Å²) in [6, 6.07) is 12.0. The van der Waals surface area contributed by atoms with Crippen molar-refractivity contribution in [2.24, 2.45) is 0 Å². The first-order valence-corrected chi connectivity index (χ1v) is 7.67. The van der Waals surface area contributed by atoms with E-state index in [0.29, 0.717) is 33.8 Å². The number of nitriles is 1. The number of hydrogen-bond acceptors (Lipinski definition) is 5. The number of hydrogen-bond donors (Lipinski definition) is 3. The molecule has 26 heavy (non-hydrogen) atoms. The van der Waals surface area contributed by atoms with Gasteiger partial charge in [0.1, 0.15) is 11.6 Å². The van der Waals surface area contributed by atoms with Gasteiger partial charge >= 0.3 is 5.69 Å². The van der Waals surface area contributed by atoms with Crippen molar-refractivity contribution < 1.29 is 14.3 Å². The Hall–Kier alpha value is -3.99. The molecule has 2 heterocycles. The lowest BCUT2D eigenvalue weighted by atomic mass is 10.1. The maximum absolute atomic E-state index is 12.4. The van der Waals surface area contributed by atoms with Crippen LogP contribution in [0.3, 0.4) is 0 Å². The number of carbonyl (C=O) groups is 1. The zero-order chi connectivity index (χ0) is 18.1. The second kappa shape index (κ2) is 6.14. The molecule has 0 unspecified atom stereocenters. The van der Waals surface area contributed by atoms with Gasteiger partial charge in [-0.2, -0.15) is 5.26 Å². The molecular weight excluding hydrogens is 336 g/mol. The average Bonchev–Trinajstić information content (AvgIpc) is 3.23. The second-order valence-corrected chi connectivity index (χ2v) is 5.58. The van der Waals surface area contributed by atoms with Crippen molar-refractivity contribution in [2.75, 3.05) is 12.1 Å². The fourth-order valence-electron chi connectivity index (χ4n) is 2.63. The molecule has 1 amide bonds. The van der Waals surface area contributed by atoms with E-state index >= 15 is 0 Å². The van der Waals surface area contributed by atoms with Crippen LogP contribution >= 0.6 is 0 Å². The summed E-state index contributed by atoms with van der Waals surface area (Å²) >= 11 is 0. The summed E-state index contributed by atoms with van der Waals surface area (Å²) in [6.07, 6.45) is 1.47. The molecule has 0 saturated heterocycles. The standard InChI is InChI=1S/C18H12N4O4/c19-8-11(5-10-1-4-15-16(6-10)26-9-25-15)17(23)20-12-2-3-13-14(7-12)22-18(24)21-13/h1-7H,9H2,(H,20,23)(H2,21,22,24). The molecule has 0 spiro atoms. The van der Waals surface area contributed by atoms with E-state index in [1.807, 2.05) is 6.07 Å². The van der Waals surface area contributed by atoms with Crippen LogP contribution in [0.25, 0.3) is 17.1 Å². The monoisotopic (exact) mass is 348 g/mol. The fraction of sp³-hybridized carbons (Fsp3) is 0.0556. The van der Waals surface area contributed by atoms with E-state index in [2.05, 4.69) is 15.3 Å². The van der Waals surface area contributed by atoms with Crippen molar-refractivity contribution >= 4 is 28.7 Å². The van der Waals surface area contributed by atoms with E-state index in [9.17, 15) is 14.9 Å². The highest BCUT2D eigenvalue weighted by Gasteiger charge is 2.14. The van der Waals surface area contributed by atoms with Gasteiger partial charge in [-0.1, -0.05) is 6.07 Å². The molecule has 128 valence electrons. The molecule has 8 heteroatoms. The molecule has 0 fully saturated rings. The number of aromatic nitrogens is 2. The number of ether oxygens (including phenoxy) is 2. The van der Waals surface area contributed by atoms with Crippen LogP contribution in [0.15, 0.2) is 46.8 Å². The van der Waals surface area contributed by atoms with Crippen molar-refractivity contribution in [3.8, 4) is 17.6 Å².